The van der Waals surface area contributed by atoms with Crippen molar-refractivity contribution in [1.29, 1.82) is 0 Å². The number of pyridine rings is 1. The first-order valence-corrected chi connectivity index (χ1v) is 8.45. The lowest BCUT2D eigenvalue weighted by molar-refractivity contribution is 0.00578. The largest absolute Gasteiger partial charge is 0.495 e. The smallest absolute Gasteiger partial charge is 0.399 e. The molecule has 1 aromatic carbocycles. The fourth-order valence-corrected chi connectivity index (χ4v) is 2.73. The van der Waals surface area contributed by atoms with Crippen molar-refractivity contribution in [3.63, 3.8) is 0 Å². The quantitative estimate of drug-likeness (QED) is 0.679. The highest BCUT2D eigenvalue weighted by Crippen LogP contribution is 2.36. The van der Waals surface area contributed by atoms with Crippen LogP contribution in [0.1, 0.15) is 33.3 Å². The van der Waals surface area contributed by atoms with Gasteiger partial charge in [-0.05, 0) is 50.9 Å². The van der Waals surface area contributed by atoms with Gasteiger partial charge in [0.25, 0.3) is 0 Å². The van der Waals surface area contributed by atoms with Gasteiger partial charge in [0.15, 0.2) is 0 Å². The lowest BCUT2D eigenvalue weighted by Crippen LogP contribution is -2.41. The highest BCUT2D eigenvalue weighted by Gasteiger charge is 2.51. The maximum absolute atomic E-state index is 6.19. The molecule has 1 aromatic heterocycles. The van der Waals surface area contributed by atoms with E-state index in [-0.39, 0.29) is 11.2 Å². The molecule has 0 saturated carbocycles. The van der Waals surface area contributed by atoms with E-state index in [0.717, 1.165) is 5.46 Å². The van der Waals surface area contributed by atoms with Gasteiger partial charge in [-0.3, -0.25) is 0 Å². The lowest BCUT2D eigenvalue weighted by atomic mass is 9.79. The SMILES string of the molecule is CC1(C)OB(c2cc(Cl)nc(NCc3ccccc3)c2)OC1(C)C. The van der Waals surface area contributed by atoms with Crippen LogP contribution in [-0.2, 0) is 15.9 Å². The first kappa shape index (κ1) is 17.3. The maximum Gasteiger partial charge on any atom is 0.495 e. The van der Waals surface area contributed by atoms with Crippen LogP contribution in [0, 0.1) is 0 Å². The number of aromatic nitrogens is 1. The summed E-state index contributed by atoms with van der Waals surface area (Å²) in [5.41, 5.74) is 1.27. The fourth-order valence-electron chi connectivity index (χ4n) is 2.51. The Bertz CT molecular complexity index is 706. The molecule has 0 bridgehead atoms. The summed E-state index contributed by atoms with van der Waals surface area (Å²) in [5.74, 6) is 0.705. The van der Waals surface area contributed by atoms with Crippen LogP contribution in [0.3, 0.4) is 0 Å². The zero-order chi connectivity index (χ0) is 17.4. The molecule has 1 aliphatic heterocycles. The number of nitrogens with zero attached hydrogens (tertiary/aromatic N) is 1. The average Bonchev–Trinajstić information content (AvgIpc) is 2.74. The number of rotatable bonds is 4. The maximum atomic E-state index is 6.19. The highest BCUT2D eigenvalue weighted by molar-refractivity contribution is 6.62. The summed E-state index contributed by atoms with van der Waals surface area (Å²) < 4.78 is 12.2. The van der Waals surface area contributed by atoms with Gasteiger partial charge in [0.2, 0.25) is 0 Å². The molecule has 0 aliphatic carbocycles. The van der Waals surface area contributed by atoms with E-state index in [1.807, 2.05) is 52.0 Å². The first-order valence-electron chi connectivity index (χ1n) is 8.08. The molecular formula is C18H22BClN2O2. The molecule has 6 heteroatoms. The minimum atomic E-state index is -0.451. The van der Waals surface area contributed by atoms with Crippen molar-refractivity contribution < 1.29 is 9.31 Å². The second kappa shape index (κ2) is 6.39. The second-order valence-electron chi connectivity index (χ2n) is 7.04. The van der Waals surface area contributed by atoms with E-state index in [2.05, 4.69) is 22.4 Å². The van der Waals surface area contributed by atoms with Crippen LogP contribution < -0.4 is 10.8 Å². The summed E-state index contributed by atoms with van der Waals surface area (Å²) in [6, 6.07) is 13.9. The van der Waals surface area contributed by atoms with Gasteiger partial charge in [-0.25, -0.2) is 4.98 Å². The number of benzene rings is 1. The van der Waals surface area contributed by atoms with Gasteiger partial charge in [0, 0.05) is 6.54 Å². The molecule has 1 N–H and O–H groups in total. The topological polar surface area (TPSA) is 43.4 Å². The van der Waals surface area contributed by atoms with E-state index >= 15 is 0 Å². The Labute approximate surface area is 148 Å². The Kier molecular flexibility index (Phi) is 4.60. The average molecular weight is 345 g/mol. The zero-order valence-electron chi connectivity index (χ0n) is 14.5. The third-order valence-electron chi connectivity index (χ3n) is 4.66. The van der Waals surface area contributed by atoms with E-state index in [4.69, 9.17) is 20.9 Å². The van der Waals surface area contributed by atoms with E-state index in [0.29, 0.717) is 17.5 Å². The Morgan fingerprint density at radius 2 is 1.67 bits per heavy atom. The molecule has 1 fully saturated rings. The Balaban J connectivity index is 1.77. The van der Waals surface area contributed by atoms with Crippen molar-refractivity contribution in [2.24, 2.45) is 0 Å². The standard InChI is InChI=1S/C18H22BClN2O2/c1-17(2)18(3,4)24-19(23-17)14-10-15(20)22-16(11-14)21-12-13-8-6-5-7-9-13/h5-11H,12H2,1-4H3,(H,21,22). The van der Waals surface area contributed by atoms with Gasteiger partial charge in [-0.1, -0.05) is 41.9 Å². The number of nitrogens with one attached hydrogen (secondary N) is 1. The number of hydrogen-bond donors (Lipinski definition) is 1. The van der Waals surface area contributed by atoms with Crippen LogP contribution in [0.5, 0.6) is 0 Å². The normalized spacial score (nSPS) is 18.6. The van der Waals surface area contributed by atoms with Crippen LogP contribution >= 0.6 is 11.6 Å². The highest BCUT2D eigenvalue weighted by atomic mass is 35.5. The third kappa shape index (κ3) is 3.58. The van der Waals surface area contributed by atoms with E-state index in [9.17, 15) is 0 Å². The Morgan fingerprint density at radius 1 is 1.04 bits per heavy atom. The zero-order valence-corrected chi connectivity index (χ0v) is 15.2. The molecule has 1 aliphatic rings. The number of anilines is 1. The molecule has 0 amide bonds. The van der Waals surface area contributed by atoms with E-state index in [1.54, 1.807) is 6.07 Å². The predicted octanol–water partition coefficient (Wildman–Crippen LogP) is 3.65. The number of halogens is 1. The first-order chi connectivity index (χ1) is 11.3. The molecular weight excluding hydrogens is 322 g/mol. The molecule has 0 radical (unpaired) electrons. The van der Waals surface area contributed by atoms with Crippen LogP contribution in [0.25, 0.3) is 0 Å². The minimum Gasteiger partial charge on any atom is -0.399 e. The second-order valence-corrected chi connectivity index (χ2v) is 7.42. The van der Waals surface area contributed by atoms with Gasteiger partial charge in [0.1, 0.15) is 11.0 Å². The van der Waals surface area contributed by atoms with Crippen LogP contribution in [0.2, 0.25) is 5.15 Å². The van der Waals surface area contributed by atoms with Crippen LogP contribution in [0.15, 0.2) is 42.5 Å². The van der Waals surface area contributed by atoms with Gasteiger partial charge < -0.3 is 14.6 Å². The van der Waals surface area contributed by atoms with Gasteiger partial charge >= 0.3 is 7.12 Å². The molecule has 0 spiro atoms. The lowest BCUT2D eigenvalue weighted by Gasteiger charge is -2.32. The Morgan fingerprint density at radius 3 is 2.29 bits per heavy atom. The van der Waals surface area contributed by atoms with Crippen molar-refractivity contribution in [2.75, 3.05) is 5.32 Å². The molecule has 3 rings (SSSR count). The third-order valence-corrected chi connectivity index (χ3v) is 4.85. The molecule has 24 heavy (non-hydrogen) atoms. The van der Waals surface area contributed by atoms with Crippen LogP contribution in [0.4, 0.5) is 5.82 Å². The van der Waals surface area contributed by atoms with Crippen molar-refractivity contribution in [3.05, 3.63) is 53.2 Å². The molecule has 4 nitrogen and oxygen atoms in total. The fraction of sp³-hybridized carbons (Fsp3) is 0.389. The predicted molar refractivity (Wildman–Crippen MR) is 98.7 cm³/mol. The van der Waals surface area contributed by atoms with Crippen molar-refractivity contribution in [1.82, 2.24) is 4.98 Å². The monoisotopic (exact) mass is 344 g/mol. The summed E-state index contributed by atoms with van der Waals surface area (Å²) in [4.78, 5) is 4.34. The van der Waals surface area contributed by atoms with Crippen molar-refractivity contribution >= 4 is 30.0 Å². The molecule has 0 atom stereocenters. The number of hydrogen-bond acceptors (Lipinski definition) is 4. The molecule has 126 valence electrons. The van der Waals surface area contributed by atoms with Crippen molar-refractivity contribution in [2.45, 2.75) is 45.4 Å². The minimum absolute atomic E-state index is 0.384. The van der Waals surface area contributed by atoms with Gasteiger partial charge in [0.05, 0.1) is 11.2 Å². The summed E-state index contributed by atoms with van der Waals surface area (Å²) >= 11 is 6.19. The summed E-state index contributed by atoms with van der Waals surface area (Å²) in [5, 5.41) is 3.72. The Hall–Kier alpha value is -1.56. The molecule has 0 unspecified atom stereocenters. The summed E-state index contributed by atoms with van der Waals surface area (Å²) in [7, 11) is -0.451. The van der Waals surface area contributed by atoms with E-state index < -0.39 is 7.12 Å². The van der Waals surface area contributed by atoms with Gasteiger partial charge in [-0.15, -0.1) is 0 Å². The van der Waals surface area contributed by atoms with Crippen molar-refractivity contribution in [3.8, 4) is 0 Å². The van der Waals surface area contributed by atoms with Crippen LogP contribution in [-0.4, -0.2) is 23.3 Å². The summed E-state index contributed by atoms with van der Waals surface area (Å²) in [6.45, 7) is 8.81. The molecule has 2 heterocycles. The molecule has 2 aromatic rings. The van der Waals surface area contributed by atoms with E-state index in [1.165, 1.54) is 5.56 Å². The van der Waals surface area contributed by atoms with Gasteiger partial charge in [-0.2, -0.15) is 0 Å². The molecule has 1 saturated heterocycles. The summed E-state index contributed by atoms with van der Waals surface area (Å²) in [6.07, 6.45) is 0.